The molecule has 3 aromatic rings. The van der Waals surface area contributed by atoms with Gasteiger partial charge >= 0.3 is 0 Å². The first kappa shape index (κ1) is 31.5. The summed E-state index contributed by atoms with van der Waals surface area (Å²) in [6.07, 6.45) is 0. The zero-order chi connectivity index (χ0) is 28.0. The Kier molecular flexibility index (Phi) is 13.8. The van der Waals surface area contributed by atoms with Crippen LogP contribution in [0.1, 0.15) is 33.3 Å². The topological polar surface area (TPSA) is 65.0 Å². The van der Waals surface area contributed by atoms with E-state index in [-0.39, 0.29) is 0 Å². The molecule has 0 bridgehead atoms. The van der Waals surface area contributed by atoms with Gasteiger partial charge in [0.1, 0.15) is 0 Å². The van der Waals surface area contributed by atoms with Gasteiger partial charge in [-0.05, 0) is 107 Å². The van der Waals surface area contributed by atoms with Crippen LogP contribution in [0.15, 0.2) is 66.7 Å². The van der Waals surface area contributed by atoms with Gasteiger partial charge in [0.2, 0.25) is 0 Å². The summed E-state index contributed by atoms with van der Waals surface area (Å²) in [7, 11) is 8.19. The Labute approximate surface area is 226 Å². The molecule has 0 unspecified atom stereocenters. The Balaban J connectivity index is 0.000000278. The van der Waals surface area contributed by atoms with Crippen LogP contribution in [0.3, 0.4) is 0 Å². The number of nitrogen functional groups attached to an aromatic ring is 2. The number of benzene rings is 3. The van der Waals surface area contributed by atoms with E-state index in [2.05, 4.69) is 95.8 Å². The second-order valence-electron chi connectivity index (χ2n) is 9.28. The SMILES string of the molecule is CCN(CC)c1ccc(N)c(C)c1.CCN(CC)c1ccc(N)cc1.CN(C)c1ccc(N(C)C)cc1. The normalized spacial score (nSPS) is 9.86. The highest BCUT2D eigenvalue weighted by Gasteiger charge is 2.02. The van der Waals surface area contributed by atoms with Gasteiger partial charge in [-0.1, -0.05) is 0 Å². The third-order valence-corrected chi connectivity index (χ3v) is 6.29. The van der Waals surface area contributed by atoms with Crippen LogP contribution in [-0.4, -0.2) is 54.4 Å². The van der Waals surface area contributed by atoms with Crippen molar-refractivity contribution in [1.82, 2.24) is 0 Å². The lowest BCUT2D eigenvalue weighted by atomic mass is 10.1. The summed E-state index contributed by atoms with van der Waals surface area (Å²) in [5.41, 5.74) is 19.2. The molecular weight excluding hydrogens is 456 g/mol. The van der Waals surface area contributed by atoms with E-state index < -0.39 is 0 Å². The molecule has 0 saturated heterocycles. The minimum Gasteiger partial charge on any atom is -0.399 e. The minimum absolute atomic E-state index is 0.825. The molecule has 6 nitrogen and oxygen atoms in total. The average Bonchev–Trinajstić information content (AvgIpc) is 2.89. The monoisotopic (exact) mass is 506 g/mol. The highest BCUT2D eigenvalue weighted by Crippen LogP contribution is 2.20. The van der Waals surface area contributed by atoms with Crippen LogP contribution in [0.2, 0.25) is 0 Å². The largest absolute Gasteiger partial charge is 0.399 e. The van der Waals surface area contributed by atoms with Gasteiger partial charge in [-0.25, -0.2) is 0 Å². The van der Waals surface area contributed by atoms with Gasteiger partial charge < -0.3 is 31.1 Å². The zero-order valence-corrected chi connectivity index (χ0v) is 24.6. The molecule has 0 spiro atoms. The van der Waals surface area contributed by atoms with E-state index in [4.69, 9.17) is 11.5 Å². The molecule has 0 amide bonds. The fourth-order valence-electron chi connectivity index (χ4n) is 3.77. The van der Waals surface area contributed by atoms with E-state index in [0.29, 0.717) is 0 Å². The van der Waals surface area contributed by atoms with Crippen molar-refractivity contribution in [3.8, 4) is 0 Å². The molecule has 6 heteroatoms. The quantitative estimate of drug-likeness (QED) is 0.347. The predicted octanol–water partition coefficient (Wildman–Crippen LogP) is 6.36. The Morgan fingerprint density at radius 2 is 0.865 bits per heavy atom. The van der Waals surface area contributed by atoms with Gasteiger partial charge in [0.15, 0.2) is 0 Å². The standard InChI is InChI=1S/C11H18N2.2C10H16N2/c1-4-13(5-2)10-6-7-11(12)9(3)8-10;1-11(2)9-5-7-10(8-6-9)12(3)4;1-3-12(4-2)10-7-5-9(11)6-8-10/h6-8H,4-5,12H2,1-3H3;5-8H,1-4H3;5-8H,3-4,11H2,1-2H3. The van der Waals surface area contributed by atoms with Crippen molar-refractivity contribution in [1.29, 1.82) is 0 Å². The van der Waals surface area contributed by atoms with Crippen LogP contribution in [0.25, 0.3) is 0 Å². The number of nitrogens with two attached hydrogens (primary N) is 2. The van der Waals surface area contributed by atoms with Crippen molar-refractivity contribution in [2.75, 3.05) is 85.4 Å². The van der Waals surface area contributed by atoms with Crippen LogP contribution in [0, 0.1) is 6.92 Å². The molecular formula is C31H50N6. The molecule has 0 aliphatic heterocycles. The number of rotatable bonds is 8. The van der Waals surface area contributed by atoms with Gasteiger partial charge in [0.05, 0.1) is 0 Å². The van der Waals surface area contributed by atoms with Crippen LogP contribution < -0.4 is 31.1 Å². The number of aryl methyl sites for hydroxylation is 1. The summed E-state index contributed by atoms with van der Waals surface area (Å²) in [5.74, 6) is 0. The Hall–Kier alpha value is -3.54. The first-order valence-electron chi connectivity index (χ1n) is 13.2. The van der Waals surface area contributed by atoms with Gasteiger partial charge in [0.25, 0.3) is 0 Å². The van der Waals surface area contributed by atoms with E-state index >= 15 is 0 Å². The first-order chi connectivity index (χ1) is 17.6. The molecule has 0 aliphatic carbocycles. The smallest absolute Gasteiger partial charge is 0.0370 e. The molecule has 0 radical (unpaired) electrons. The molecule has 37 heavy (non-hydrogen) atoms. The Morgan fingerprint density at radius 1 is 0.514 bits per heavy atom. The fourth-order valence-corrected chi connectivity index (χ4v) is 3.77. The molecule has 0 atom stereocenters. The Bertz CT molecular complexity index is 978. The van der Waals surface area contributed by atoms with E-state index in [9.17, 15) is 0 Å². The van der Waals surface area contributed by atoms with Crippen molar-refractivity contribution in [3.05, 3.63) is 72.3 Å². The second kappa shape index (κ2) is 16.3. The maximum Gasteiger partial charge on any atom is 0.0370 e. The average molecular weight is 507 g/mol. The molecule has 0 fully saturated rings. The third-order valence-electron chi connectivity index (χ3n) is 6.29. The number of nitrogens with zero attached hydrogens (tertiary/aromatic N) is 4. The van der Waals surface area contributed by atoms with Crippen LogP contribution in [0.5, 0.6) is 0 Å². The molecule has 0 saturated carbocycles. The van der Waals surface area contributed by atoms with Crippen LogP contribution in [-0.2, 0) is 0 Å². The van der Waals surface area contributed by atoms with E-state index in [0.717, 1.165) is 43.1 Å². The molecule has 0 heterocycles. The van der Waals surface area contributed by atoms with E-state index in [1.54, 1.807) is 0 Å². The summed E-state index contributed by atoms with van der Waals surface area (Å²) < 4.78 is 0. The summed E-state index contributed by atoms with van der Waals surface area (Å²) in [6, 6.07) is 22.7. The summed E-state index contributed by atoms with van der Waals surface area (Å²) >= 11 is 0. The maximum atomic E-state index is 5.75. The summed E-state index contributed by atoms with van der Waals surface area (Å²) in [6.45, 7) is 14.8. The summed E-state index contributed by atoms with van der Waals surface area (Å²) in [5, 5.41) is 0. The fraction of sp³-hybridized carbons (Fsp3) is 0.419. The molecule has 0 aliphatic rings. The lowest BCUT2D eigenvalue weighted by Gasteiger charge is -2.21. The van der Waals surface area contributed by atoms with Gasteiger partial charge in [0, 0.05) is 88.5 Å². The Morgan fingerprint density at radius 3 is 1.22 bits per heavy atom. The minimum atomic E-state index is 0.825. The number of hydrogen-bond donors (Lipinski definition) is 2. The number of hydrogen-bond acceptors (Lipinski definition) is 6. The van der Waals surface area contributed by atoms with Gasteiger partial charge in [-0.2, -0.15) is 0 Å². The first-order valence-corrected chi connectivity index (χ1v) is 13.2. The molecule has 0 aromatic heterocycles. The van der Waals surface area contributed by atoms with E-state index in [1.807, 2.05) is 53.3 Å². The second-order valence-corrected chi connectivity index (χ2v) is 9.28. The maximum absolute atomic E-state index is 5.75. The van der Waals surface area contributed by atoms with E-state index in [1.165, 1.54) is 22.7 Å². The van der Waals surface area contributed by atoms with Crippen LogP contribution in [0.4, 0.5) is 34.1 Å². The van der Waals surface area contributed by atoms with Crippen molar-refractivity contribution in [2.24, 2.45) is 0 Å². The molecule has 3 rings (SSSR count). The molecule has 204 valence electrons. The highest BCUT2D eigenvalue weighted by molar-refractivity contribution is 5.58. The number of anilines is 6. The van der Waals surface area contributed by atoms with Gasteiger partial charge in [-0.15, -0.1) is 0 Å². The van der Waals surface area contributed by atoms with Crippen molar-refractivity contribution in [3.63, 3.8) is 0 Å². The van der Waals surface area contributed by atoms with Crippen molar-refractivity contribution < 1.29 is 0 Å². The van der Waals surface area contributed by atoms with Crippen LogP contribution >= 0.6 is 0 Å². The van der Waals surface area contributed by atoms with Gasteiger partial charge in [-0.3, -0.25) is 0 Å². The molecule has 4 N–H and O–H groups in total. The third kappa shape index (κ3) is 10.5. The summed E-state index contributed by atoms with van der Waals surface area (Å²) in [4.78, 5) is 8.80. The lowest BCUT2D eigenvalue weighted by Crippen LogP contribution is -2.21. The van der Waals surface area contributed by atoms with Crippen molar-refractivity contribution >= 4 is 34.1 Å². The lowest BCUT2D eigenvalue weighted by molar-refractivity contribution is 0.866. The predicted molar refractivity (Wildman–Crippen MR) is 169 cm³/mol. The zero-order valence-electron chi connectivity index (χ0n) is 24.6. The molecule has 3 aromatic carbocycles. The highest BCUT2D eigenvalue weighted by atomic mass is 15.1. The van der Waals surface area contributed by atoms with Crippen molar-refractivity contribution in [2.45, 2.75) is 34.6 Å².